The normalized spacial score (nSPS) is 22.2. The first-order valence-electron chi connectivity index (χ1n) is 7.03. The largest absolute Gasteiger partial charge is 0.416 e. The maximum Gasteiger partial charge on any atom is 0.416 e. The predicted molar refractivity (Wildman–Crippen MR) is 81.7 cm³/mol. The van der Waals surface area contributed by atoms with E-state index >= 15 is 0 Å². The highest BCUT2D eigenvalue weighted by atomic mass is 32.2. The molecule has 0 aromatic heterocycles. The van der Waals surface area contributed by atoms with Crippen LogP contribution in [0.4, 0.5) is 13.2 Å². The Morgan fingerprint density at radius 3 is 2.52 bits per heavy atom. The number of hydrogen-bond acceptors (Lipinski definition) is 3. The van der Waals surface area contributed by atoms with Gasteiger partial charge in [-0.2, -0.15) is 24.9 Å². The van der Waals surface area contributed by atoms with Crippen molar-refractivity contribution in [3.63, 3.8) is 0 Å². The van der Waals surface area contributed by atoms with E-state index in [1.165, 1.54) is 12.1 Å². The summed E-state index contributed by atoms with van der Waals surface area (Å²) in [5.41, 5.74) is 0.351. The molecule has 2 atom stereocenters. The Bertz CT molecular complexity index is 447. The van der Waals surface area contributed by atoms with E-state index < -0.39 is 11.7 Å². The lowest BCUT2D eigenvalue weighted by Crippen LogP contribution is -2.52. The molecule has 1 heterocycles. The number of nitrogens with one attached hydrogen (secondary N) is 1. The van der Waals surface area contributed by atoms with E-state index in [0.29, 0.717) is 6.04 Å². The number of halogens is 3. The number of thioether (sulfide) groups is 1. The number of alkyl halides is 3. The van der Waals surface area contributed by atoms with Crippen LogP contribution >= 0.6 is 11.8 Å². The van der Waals surface area contributed by atoms with Crippen molar-refractivity contribution < 1.29 is 13.2 Å². The quantitative estimate of drug-likeness (QED) is 0.919. The zero-order chi connectivity index (χ0) is 15.5. The van der Waals surface area contributed by atoms with E-state index in [2.05, 4.69) is 17.3 Å². The Kier molecular flexibility index (Phi) is 5.57. The second-order valence-corrected chi connectivity index (χ2v) is 6.57. The number of rotatable bonds is 4. The van der Waals surface area contributed by atoms with Crippen molar-refractivity contribution in [1.82, 2.24) is 10.2 Å². The minimum Gasteiger partial charge on any atom is -0.315 e. The number of likely N-dealkylation sites (N-methyl/N-ethyl adjacent to an activating group) is 2. The lowest BCUT2D eigenvalue weighted by molar-refractivity contribution is -0.137. The molecule has 0 bridgehead atoms. The molecule has 2 unspecified atom stereocenters. The van der Waals surface area contributed by atoms with Crippen molar-refractivity contribution in [3.8, 4) is 0 Å². The van der Waals surface area contributed by atoms with Gasteiger partial charge in [-0.3, -0.25) is 0 Å². The summed E-state index contributed by atoms with van der Waals surface area (Å²) in [5, 5.41) is 3.32. The summed E-state index contributed by atoms with van der Waals surface area (Å²) in [4.78, 5) is 2.34. The van der Waals surface area contributed by atoms with Crippen molar-refractivity contribution in [2.45, 2.75) is 24.7 Å². The van der Waals surface area contributed by atoms with E-state index in [1.807, 2.05) is 18.8 Å². The smallest absolute Gasteiger partial charge is 0.315 e. The maximum absolute atomic E-state index is 12.6. The molecular weight excluding hydrogens is 297 g/mol. The summed E-state index contributed by atoms with van der Waals surface area (Å²) in [6.45, 7) is 1.06. The van der Waals surface area contributed by atoms with E-state index in [1.54, 1.807) is 12.1 Å². The lowest BCUT2D eigenvalue weighted by Gasteiger charge is -2.37. The summed E-state index contributed by atoms with van der Waals surface area (Å²) in [6, 6.07) is 6.17. The molecule has 1 saturated heterocycles. The third kappa shape index (κ3) is 4.37. The van der Waals surface area contributed by atoms with Gasteiger partial charge in [-0.15, -0.1) is 0 Å². The maximum atomic E-state index is 12.6. The van der Waals surface area contributed by atoms with Crippen LogP contribution in [0.5, 0.6) is 0 Å². The molecule has 1 fully saturated rings. The molecule has 0 amide bonds. The molecule has 0 saturated carbocycles. The molecule has 6 heteroatoms. The fraction of sp³-hybridized carbons (Fsp3) is 0.600. The van der Waals surface area contributed by atoms with Crippen LogP contribution in [-0.4, -0.2) is 49.1 Å². The van der Waals surface area contributed by atoms with E-state index in [9.17, 15) is 13.2 Å². The standard InChI is InChI=1S/C15H21F3N2S/c1-19-13(14-10-21-8-7-20(14)2)9-11-3-5-12(6-4-11)15(16,17)18/h3-6,13-14,19H,7-10H2,1-2H3. The fourth-order valence-corrected chi connectivity index (χ4v) is 3.96. The van der Waals surface area contributed by atoms with Gasteiger partial charge in [0.25, 0.3) is 0 Å². The van der Waals surface area contributed by atoms with Crippen LogP contribution in [0, 0.1) is 0 Å². The van der Waals surface area contributed by atoms with E-state index in [4.69, 9.17) is 0 Å². The molecule has 0 radical (unpaired) electrons. The van der Waals surface area contributed by atoms with Crippen LogP contribution in [0.2, 0.25) is 0 Å². The van der Waals surface area contributed by atoms with E-state index in [0.717, 1.165) is 30.0 Å². The van der Waals surface area contributed by atoms with Crippen LogP contribution in [0.1, 0.15) is 11.1 Å². The Morgan fingerprint density at radius 1 is 1.33 bits per heavy atom. The summed E-state index contributed by atoms with van der Waals surface area (Å²) in [5.74, 6) is 2.20. The molecule has 21 heavy (non-hydrogen) atoms. The average Bonchev–Trinajstić information content (AvgIpc) is 2.45. The van der Waals surface area contributed by atoms with Gasteiger partial charge in [0, 0.05) is 30.1 Å². The van der Waals surface area contributed by atoms with Crippen LogP contribution in [-0.2, 0) is 12.6 Å². The highest BCUT2D eigenvalue weighted by Crippen LogP contribution is 2.29. The summed E-state index contributed by atoms with van der Waals surface area (Å²) >= 11 is 1.94. The summed E-state index contributed by atoms with van der Waals surface area (Å²) in [6.07, 6.45) is -3.52. The molecule has 1 aliphatic heterocycles. The molecule has 0 spiro atoms. The summed E-state index contributed by atoms with van der Waals surface area (Å²) in [7, 11) is 4.03. The molecule has 0 aliphatic carbocycles. The van der Waals surface area contributed by atoms with Gasteiger partial charge in [0.2, 0.25) is 0 Å². The first-order valence-corrected chi connectivity index (χ1v) is 8.18. The number of benzene rings is 1. The zero-order valence-electron chi connectivity index (χ0n) is 12.3. The Morgan fingerprint density at radius 2 is 2.00 bits per heavy atom. The van der Waals surface area contributed by atoms with Crippen LogP contribution in [0.25, 0.3) is 0 Å². The topological polar surface area (TPSA) is 15.3 Å². The lowest BCUT2D eigenvalue weighted by atomic mass is 9.98. The highest BCUT2D eigenvalue weighted by Gasteiger charge is 2.30. The predicted octanol–water partition coefficient (Wildman–Crippen LogP) is 2.88. The van der Waals surface area contributed by atoms with Crippen molar-refractivity contribution in [2.75, 3.05) is 32.1 Å². The van der Waals surface area contributed by atoms with Gasteiger partial charge in [0.1, 0.15) is 0 Å². The molecule has 1 N–H and O–H groups in total. The minimum atomic E-state index is -4.26. The van der Waals surface area contributed by atoms with Crippen molar-refractivity contribution in [1.29, 1.82) is 0 Å². The second kappa shape index (κ2) is 7.03. The van der Waals surface area contributed by atoms with Gasteiger partial charge < -0.3 is 10.2 Å². The summed E-state index contributed by atoms with van der Waals surface area (Å²) < 4.78 is 37.7. The highest BCUT2D eigenvalue weighted by molar-refractivity contribution is 7.99. The van der Waals surface area contributed by atoms with Gasteiger partial charge in [-0.25, -0.2) is 0 Å². The average molecular weight is 318 g/mol. The molecule has 2 nitrogen and oxygen atoms in total. The van der Waals surface area contributed by atoms with Gasteiger partial charge in [-0.1, -0.05) is 12.1 Å². The van der Waals surface area contributed by atoms with E-state index in [-0.39, 0.29) is 6.04 Å². The fourth-order valence-electron chi connectivity index (χ4n) is 2.64. The van der Waals surface area contributed by atoms with Crippen LogP contribution in [0.15, 0.2) is 24.3 Å². The van der Waals surface area contributed by atoms with Gasteiger partial charge in [-0.05, 0) is 38.2 Å². The van der Waals surface area contributed by atoms with Crippen molar-refractivity contribution in [2.24, 2.45) is 0 Å². The van der Waals surface area contributed by atoms with Gasteiger partial charge in [0.05, 0.1) is 5.56 Å². The van der Waals surface area contributed by atoms with Crippen LogP contribution < -0.4 is 5.32 Å². The third-order valence-electron chi connectivity index (χ3n) is 4.02. The van der Waals surface area contributed by atoms with Gasteiger partial charge in [0.15, 0.2) is 0 Å². The first kappa shape index (κ1) is 16.6. The zero-order valence-corrected chi connectivity index (χ0v) is 13.1. The molecule has 1 aromatic rings. The Hall–Kier alpha value is -0.720. The van der Waals surface area contributed by atoms with Gasteiger partial charge >= 0.3 is 6.18 Å². The first-order chi connectivity index (χ1) is 9.91. The molecule has 1 aliphatic rings. The molecule has 1 aromatic carbocycles. The number of hydrogen-bond donors (Lipinski definition) is 1. The van der Waals surface area contributed by atoms with Crippen molar-refractivity contribution >= 4 is 11.8 Å². The SMILES string of the molecule is CNC(Cc1ccc(C(F)(F)F)cc1)C1CSCCN1C. The monoisotopic (exact) mass is 318 g/mol. The number of nitrogens with zero attached hydrogens (tertiary/aromatic N) is 1. The van der Waals surface area contributed by atoms with Crippen LogP contribution in [0.3, 0.4) is 0 Å². The Balaban J connectivity index is 2.04. The molecule has 118 valence electrons. The van der Waals surface area contributed by atoms with Crippen molar-refractivity contribution in [3.05, 3.63) is 35.4 Å². The molecule has 2 rings (SSSR count). The second-order valence-electron chi connectivity index (χ2n) is 5.42. The Labute approximate surface area is 128 Å². The minimum absolute atomic E-state index is 0.250. The molecular formula is C15H21F3N2S. The third-order valence-corrected chi connectivity index (χ3v) is 5.06.